The van der Waals surface area contributed by atoms with Crippen LogP contribution in [-0.4, -0.2) is 18.9 Å². The Kier molecular flexibility index (Phi) is 4.13. The number of ketones is 1. The second kappa shape index (κ2) is 5.64. The molecule has 0 amide bonds. The number of benzene rings is 1. The van der Waals surface area contributed by atoms with Gasteiger partial charge in [0.25, 0.3) is 0 Å². The molecule has 104 valence electrons. The molecule has 0 aromatic heterocycles. The number of carbonyl (C=O) groups excluding carboxylic acids is 1. The molecular formula is C16H24N2O. The number of rotatable bonds is 3. The van der Waals surface area contributed by atoms with Crippen LogP contribution >= 0.6 is 0 Å². The van der Waals surface area contributed by atoms with Crippen LogP contribution in [0, 0.1) is 5.92 Å². The van der Waals surface area contributed by atoms with Crippen LogP contribution in [0.5, 0.6) is 0 Å². The van der Waals surface area contributed by atoms with E-state index >= 15 is 0 Å². The quantitative estimate of drug-likeness (QED) is 0.668. The second-order valence-electron chi connectivity index (χ2n) is 5.85. The van der Waals surface area contributed by atoms with E-state index in [-0.39, 0.29) is 5.78 Å². The zero-order valence-electron chi connectivity index (χ0n) is 12.1. The summed E-state index contributed by atoms with van der Waals surface area (Å²) in [4.78, 5) is 13.9. The molecule has 1 aliphatic rings. The third kappa shape index (κ3) is 3.09. The summed E-state index contributed by atoms with van der Waals surface area (Å²) >= 11 is 0. The van der Waals surface area contributed by atoms with Crippen molar-refractivity contribution in [2.75, 3.05) is 17.7 Å². The number of carbonyl (C=O) groups is 1. The second-order valence-corrected chi connectivity index (χ2v) is 5.85. The maximum atomic E-state index is 11.6. The van der Waals surface area contributed by atoms with Gasteiger partial charge in [0.15, 0.2) is 5.78 Å². The Bertz CT molecular complexity index is 462. The SMILES string of the molecule is CC(=O)c1cc(N(C)C2CCC(C)CC2)ccc1N. The lowest BCUT2D eigenvalue weighted by Crippen LogP contribution is -2.34. The molecule has 0 spiro atoms. The smallest absolute Gasteiger partial charge is 0.161 e. The molecule has 2 rings (SSSR count). The first-order valence-electron chi connectivity index (χ1n) is 7.12. The van der Waals surface area contributed by atoms with Crippen molar-refractivity contribution in [3.8, 4) is 0 Å². The first-order chi connectivity index (χ1) is 8.99. The molecule has 1 aromatic carbocycles. The molecule has 1 fully saturated rings. The van der Waals surface area contributed by atoms with E-state index in [0.717, 1.165) is 11.6 Å². The summed E-state index contributed by atoms with van der Waals surface area (Å²) in [5, 5.41) is 0. The van der Waals surface area contributed by atoms with E-state index in [4.69, 9.17) is 5.73 Å². The predicted molar refractivity (Wildman–Crippen MR) is 80.7 cm³/mol. The molecule has 0 bridgehead atoms. The normalized spacial score (nSPS) is 23.1. The topological polar surface area (TPSA) is 46.3 Å². The fourth-order valence-electron chi connectivity index (χ4n) is 2.91. The lowest BCUT2D eigenvalue weighted by Gasteiger charge is -2.35. The molecule has 1 saturated carbocycles. The molecule has 0 aliphatic heterocycles. The summed E-state index contributed by atoms with van der Waals surface area (Å²) in [6, 6.07) is 6.36. The number of Topliss-reactive ketones (excluding diaryl/α,β-unsaturated/α-hetero) is 1. The summed E-state index contributed by atoms with van der Waals surface area (Å²) < 4.78 is 0. The average Bonchev–Trinajstić information content (AvgIpc) is 2.39. The molecule has 0 atom stereocenters. The van der Waals surface area contributed by atoms with Gasteiger partial charge in [-0.15, -0.1) is 0 Å². The Morgan fingerprint density at radius 2 is 1.89 bits per heavy atom. The van der Waals surface area contributed by atoms with E-state index in [1.165, 1.54) is 25.7 Å². The van der Waals surface area contributed by atoms with E-state index in [0.29, 0.717) is 17.3 Å². The lowest BCUT2D eigenvalue weighted by molar-refractivity contribution is 0.101. The van der Waals surface area contributed by atoms with Gasteiger partial charge in [-0.05, 0) is 56.7 Å². The predicted octanol–water partition coefficient (Wildman–Crippen LogP) is 3.49. The van der Waals surface area contributed by atoms with Gasteiger partial charge in [0.05, 0.1) is 0 Å². The minimum atomic E-state index is 0.0324. The van der Waals surface area contributed by atoms with Gasteiger partial charge in [-0.1, -0.05) is 6.92 Å². The molecule has 0 radical (unpaired) electrons. The van der Waals surface area contributed by atoms with Crippen molar-refractivity contribution < 1.29 is 4.79 Å². The zero-order chi connectivity index (χ0) is 14.0. The van der Waals surface area contributed by atoms with Crippen LogP contribution in [0.25, 0.3) is 0 Å². The third-order valence-corrected chi connectivity index (χ3v) is 4.36. The molecule has 19 heavy (non-hydrogen) atoms. The number of nitrogen functional groups attached to an aromatic ring is 1. The van der Waals surface area contributed by atoms with Crippen LogP contribution < -0.4 is 10.6 Å². The highest BCUT2D eigenvalue weighted by atomic mass is 16.1. The van der Waals surface area contributed by atoms with E-state index in [1.54, 1.807) is 6.92 Å². The fourth-order valence-corrected chi connectivity index (χ4v) is 2.91. The third-order valence-electron chi connectivity index (χ3n) is 4.36. The molecule has 1 aliphatic carbocycles. The number of anilines is 2. The average molecular weight is 260 g/mol. The van der Waals surface area contributed by atoms with Gasteiger partial charge in [-0.25, -0.2) is 0 Å². The van der Waals surface area contributed by atoms with Crippen molar-refractivity contribution >= 4 is 17.2 Å². The Hall–Kier alpha value is -1.51. The van der Waals surface area contributed by atoms with Crippen molar-refractivity contribution in [3.63, 3.8) is 0 Å². The van der Waals surface area contributed by atoms with Crippen molar-refractivity contribution in [1.82, 2.24) is 0 Å². The largest absolute Gasteiger partial charge is 0.398 e. The first-order valence-corrected chi connectivity index (χ1v) is 7.12. The summed E-state index contributed by atoms with van der Waals surface area (Å²) in [6.07, 6.45) is 5.06. The van der Waals surface area contributed by atoms with Gasteiger partial charge >= 0.3 is 0 Å². The maximum Gasteiger partial charge on any atom is 0.161 e. The van der Waals surface area contributed by atoms with Crippen LogP contribution in [0.3, 0.4) is 0 Å². The van der Waals surface area contributed by atoms with E-state index in [2.05, 4.69) is 18.9 Å². The fraction of sp³-hybridized carbons (Fsp3) is 0.562. The minimum absolute atomic E-state index is 0.0324. The number of nitrogens with two attached hydrogens (primary N) is 1. The van der Waals surface area contributed by atoms with E-state index in [9.17, 15) is 4.79 Å². The standard InChI is InChI=1S/C16H24N2O/c1-11-4-6-13(7-5-11)18(3)14-8-9-16(17)15(10-14)12(2)19/h8-11,13H,4-7,17H2,1-3H3. The molecule has 3 heteroatoms. The van der Waals surface area contributed by atoms with Gasteiger partial charge < -0.3 is 10.6 Å². The number of hydrogen-bond donors (Lipinski definition) is 1. The highest BCUT2D eigenvalue weighted by molar-refractivity contribution is 6.00. The highest BCUT2D eigenvalue weighted by Gasteiger charge is 2.22. The summed E-state index contributed by atoms with van der Waals surface area (Å²) in [7, 11) is 2.12. The van der Waals surface area contributed by atoms with E-state index < -0.39 is 0 Å². The number of nitrogens with zero attached hydrogens (tertiary/aromatic N) is 1. The molecule has 0 unspecified atom stereocenters. The summed E-state index contributed by atoms with van der Waals surface area (Å²) in [6.45, 7) is 3.89. The van der Waals surface area contributed by atoms with Crippen molar-refractivity contribution in [1.29, 1.82) is 0 Å². The Morgan fingerprint density at radius 3 is 2.47 bits per heavy atom. The van der Waals surface area contributed by atoms with E-state index in [1.807, 2.05) is 18.2 Å². The van der Waals surface area contributed by atoms with Gasteiger partial charge in [-0.2, -0.15) is 0 Å². The van der Waals surface area contributed by atoms with Crippen LogP contribution in [0.1, 0.15) is 49.9 Å². The van der Waals surface area contributed by atoms with Crippen molar-refractivity contribution in [3.05, 3.63) is 23.8 Å². The first kappa shape index (κ1) is 13.9. The molecule has 2 N–H and O–H groups in total. The Balaban J connectivity index is 2.17. The monoisotopic (exact) mass is 260 g/mol. The molecule has 0 heterocycles. The van der Waals surface area contributed by atoms with Gasteiger partial charge in [0, 0.05) is 30.0 Å². The van der Waals surface area contributed by atoms with Gasteiger partial charge in [0.1, 0.15) is 0 Å². The molecule has 1 aromatic rings. The lowest BCUT2D eigenvalue weighted by atomic mass is 9.86. The summed E-state index contributed by atoms with van der Waals surface area (Å²) in [5.74, 6) is 0.883. The molecule has 3 nitrogen and oxygen atoms in total. The zero-order valence-corrected chi connectivity index (χ0v) is 12.1. The number of hydrogen-bond acceptors (Lipinski definition) is 3. The molecular weight excluding hydrogens is 236 g/mol. The van der Waals surface area contributed by atoms with Gasteiger partial charge in [0.2, 0.25) is 0 Å². The van der Waals surface area contributed by atoms with Crippen LogP contribution in [-0.2, 0) is 0 Å². The van der Waals surface area contributed by atoms with Crippen molar-refractivity contribution in [2.24, 2.45) is 5.92 Å². The Morgan fingerprint density at radius 1 is 1.26 bits per heavy atom. The highest BCUT2D eigenvalue weighted by Crippen LogP contribution is 2.30. The van der Waals surface area contributed by atoms with Crippen LogP contribution in [0.15, 0.2) is 18.2 Å². The van der Waals surface area contributed by atoms with Crippen LogP contribution in [0.2, 0.25) is 0 Å². The van der Waals surface area contributed by atoms with Crippen LogP contribution in [0.4, 0.5) is 11.4 Å². The maximum absolute atomic E-state index is 11.6. The summed E-state index contributed by atoms with van der Waals surface area (Å²) in [5.41, 5.74) is 8.15. The van der Waals surface area contributed by atoms with Gasteiger partial charge in [-0.3, -0.25) is 4.79 Å². The Labute approximate surface area is 115 Å². The van der Waals surface area contributed by atoms with Crippen molar-refractivity contribution in [2.45, 2.75) is 45.6 Å². The molecule has 0 saturated heterocycles. The minimum Gasteiger partial charge on any atom is -0.398 e.